The Hall–Kier alpha value is -0.0500. The summed E-state index contributed by atoms with van der Waals surface area (Å²) in [6, 6.07) is 0. The van der Waals surface area contributed by atoms with Gasteiger partial charge in [0.2, 0.25) is 0 Å². The molecule has 0 aromatic heterocycles. The van der Waals surface area contributed by atoms with E-state index in [4.69, 9.17) is 0 Å². The molecule has 0 aromatic rings. The molecule has 0 aliphatic rings. The highest BCUT2D eigenvalue weighted by molar-refractivity contribution is 7.74. The van der Waals surface area contributed by atoms with Crippen LogP contribution in [-0.4, -0.2) is 8.42 Å². The van der Waals surface area contributed by atoms with Gasteiger partial charge in [-0.05, 0) is 6.42 Å². The molecule has 0 bridgehead atoms. The molecule has 0 N–H and O–H groups in total. The van der Waals surface area contributed by atoms with Crippen molar-refractivity contribution in [1.29, 1.82) is 0 Å². The third kappa shape index (κ3) is 3.95. The maximum Gasteiger partial charge on any atom is 0.144 e. The van der Waals surface area contributed by atoms with Crippen molar-refractivity contribution in [1.82, 2.24) is 0 Å². The average Bonchev–Trinajstić information content (AvgIpc) is 1.35. The van der Waals surface area contributed by atoms with Crippen LogP contribution in [0.15, 0.2) is 0 Å². The van der Waals surface area contributed by atoms with Gasteiger partial charge < -0.3 is 0 Å². The van der Waals surface area contributed by atoms with Crippen molar-refractivity contribution < 1.29 is 8.42 Å². The molecule has 1 radical (unpaired) electrons. The number of hydrogen-bond acceptors (Lipinski definition) is 2. The Labute approximate surface area is 39.1 Å². The quantitative estimate of drug-likeness (QED) is 0.510. The zero-order valence-corrected chi connectivity index (χ0v) is 4.44. The van der Waals surface area contributed by atoms with Gasteiger partial charge in [0.15, 0.2) is 0 Å². The summed E-state index contributed by atoms with van der Waals surface area (Å²) in [7, 11) is -2.23. The fourth-order valence-corrected chi connectivity index (χ4v) is 0.447. The minimum Gasteiger partial charge on any atom is -0.232 e. The van der Waals surface area contributed by atoms with Gasteiger partial charge in [-0.25, -0.2) is 8.42 Å². The van der Waals surface area contributed by atoms with Crippen LogP contribution in [0.4, 0.5) is 0 Å². The fourth-order valence-electron chi connectivity index (χ4n) is 0.149. The second kappa shape index (κ2) is 3.15. The average molecular weight is 107 g/mol. The molecule has 0 spiro atoms. The lowest BCUT2D eigenvalue weighted by Crippen LogP contribution is -1.71. The lowest BCUT2D eigenvalue weighted by Gasteiger charge is -1.71. The van der Waals surface area contributed by atoms with Crippen LogP contribution < -0.4 is 0 Å². The Bertz CT molecular complexity index is 76.8. The zero-order chi connectivity index (χ0) is 4.99. The molecular weight excluding hydrogens is 100 g/mol. The Balaban J connectivity index is 3.07. The van der Waals surface area contributed by atoms with Crippen LogP contribution in [0.3, 0.4) is 0 Å². The standard InChI is InChI=1S/C3H7O2S/c1-2-3-6(4)5/h3,6H,2H2,1H3. The van der Waals surface area contributed by atoms with Gasteiger partial charge in [-0.3, -0.25) is 0 Å². The first-order chi connectivity index (χ1) is 2.77. The van der Waals surface area contributed by atoms with Gasteiger partial charge in [0, 0.05) is 0 Å². The first-order valence-electron chi connectivity index (χ1n) is 1.74. The van der Waals surface area contributed by atoms with Crippen molar-refractivity contribution in [3.63, 3.8) is 0 Å². The van der Waals surface area contributed by atoms with Crippen LogP contribution in [-0.2, 0) is 10.7 Å². The fraction of sp³-hybridized carbons (Fsp3) is 0.667. The van der Waals surface area contributed by atoms with E-state index in [1.54, 1.807) is 6.92 Å². The molecule has 0 saturated heterocycles. The van der Waals surface area contributed by atoms with Gasteiger partial charge in [0.1, 0.15) is 10.7 Å². The van der Waals surface area contributed by atoms with Gasteiger partial charge >= 0.3 is 0 Å². The minimum absolute atomic E-state index is 0.610. The van der Waals surface area contributed by atoms with E-state index in [9.17, 15) is 8.42 Å². The van der Waals surface area contributed by atoms with Crippen molar-refractivity contribution in [3.8, 4) is 0 Å². The van der Waals surface area contributed by atoms with Crippen LogP contribution in [0, 0.1) is 5.75 Å². The maximum atomic E-state index is 9.58. The van der Waals surface area contributed by atoms with Crippen molar-refractivity contribution in [3.05, 3.63) is 5.75 Å². The zero-order valence-electron chi connectivity index (χ0n) is 3.55. The summed E-state index contributed by atoms with van der Waals surface area (Å²) in [5.41, 5.74) is 0. The van der Waals surface area contributed by atoms with Crippen molar-refractivity contribution in [2.24, 2.45) is 0 Å². The summed E-state index contributed by atoms with van der Waals surface area (Å²) >= 11 is 0. The second-order valence-electron chi connectivity index (χ2n) is 0.876. The summed E-state index contributed by atoms with van der Waals surface area (Å²) in [4.78, 5) is 0. The Morgan fingerprint density at radius 1 is 1.67 bits per heavy atom. The van der Waals surface area contributed by atoms with E-state index in [-0.39, 0.29) is 0 Å². The van der Waals surface area contributed by atoms with E-state index in [0.29, 0.717) is 6.42 Å². The molecular formula is C3H7O2S. The molecule has 37 valence electrons. The normalized spacial score (nSPS) is 9.67. The SMILES string of the molecule is CC[CH][SH](=O)=O. The predicted octanol–water partition coefficient (Wildman–Crippen LogP) is 0.170. The molecule has 0 heterocycles. The van der Waals surface area contributed by atoms with E-state index in [2.05, 4.69) is 0 Å². The summed E-state index contributed by atoms with van der Waals surface area (Å²) in [6.07, 6.45) is 0.610. The monoisotopic (exact) mass is 107 g/mol. The van der Waals surface area contributed by atoms with E-state index < -0.39 is 10.7 Å². The maximum absolute atomic E-state index is 9.58. The summed E-state index contributed by atoms with van der Waals surface area (Å²) < 4.78 is 19.2. The molecule has 0 rings (SSSR count). The topological polar surface area (TPSA) is 34.1 Å². The lowest BCUT2D eigenvalue weighted by atomic mass is 10.6. The van der Waals surface area contributed by atoms with Crippen LogP contribution in [0.5, 0.6) is 0 Å². The molecule has 0 amide bonds. The lowest BCUT2D eigenvalue weighted by molar-refractivity contribution is 0.618. The Kier molecular flexibility index (Phi) is 3.13. The van der Waals surface area contributed by atoms with Crippen molar-refractivity contribution in [2.45, 2.75) is 13.3 Å². The molecule has 3 heteroatoms. The molecule has 0 atom stereocenters. The summed E-state index contributed by atoms with van der Waals surface area (Å²) in [6.45, 7) is 1.78. The summed E-state index contributed by atoms with van der Waals surface area (Å²) in [5, 5.41) is 0. The van der Waals surface area contributed by atoms with E-state index in [1.807, 2.05) is 0 Å². The Morgan fingerprint density at radius 3 is 2.17 bits per heavy atom. The van der Waals surface area contributed by atoms with Crippen LogP contribution in [0.2, 0.25) is 0 Å². The number of hydrogen-bond donors (Lipinski definition) is 1. The molecule has 0 fully saturated rings. The predicted molar refractivity (Wildman–Crippen MR) is 24.9 cm³/mol. The smallest absolute Gasteiger partial charge is 0.144 e. The van der Waals surface area contributed by atoms with E-state index in [0.717, 1.165) is 0 Å². The van der Waals surface area contributed by atoms with Gasteiger partial charge in [-0.15, -0.1) is 0 Å². The minimum atomic E-state index is -2.23. The summed E-state index contributed by atoms with van der Waals surface area (Å²) in [5.74, 6) is 1.25. The highest BCUT2D eigenvalue weighted by Crippen LogP contribution is 1.80. The van der Waals surface area contributed by atoms with Gasteiger partial charge in [-0.1, -0.05) is 6.92 Å². The molecule has 6 heavy (non-hydrogen) atoms. The van der Waals surface area contributed by atoms with Gasteiger partial charge in [0.05, 0.1) is 5.75 Å². The van der Waals surface area contributed by atoms with Crippen molar-refractivity contribution in [2.75, 3.05) is 0 Å². The van der Waals surface area contributed by atoms with E-state index in [1.165, 1.54) is 5.75 Å². The third-order valence-electron chi connectivity index (χ3n) is 0.332. The second-order valence-corrected chi connectivity index (χ2v) is 1.81. The van der Waals surface area contributed by atoms with Crippen molar-refractivity contribution >= 4 is 10.7 Å². The largest absolute Gasteiger partial charge is 0.232 e. The first-order valence-corrected chi connectivity index (χ1v) is 2.99. The van der Waals surface area contributed by atoms with E-state index >= 15 is 0 Å². The highest BCUT2D eigenvalue weighted by Gasteiger charge is 1.77. The molecule has 0 saturated carbocycles. The Morgan fingerprint density at radius 2 is 2.17 bits per heavy atom. The number of thiol groups is 1. The molecule has 0 unspecified atom stereocenters. The molecule has 2 nitrogen and oxygen atoms in total. The van der Waals surface area contributed by atoms with Gasteiger partial charge in [0.25, 0.3) is 0 Å². The number of rotatable bonds is 2. The first kappa shape index (κ1) is 5.95. The highest BCUT2D eigenvalue weighted by atomic mass is 32.2. The van der Waals surface area contributed by atoms with Gasteiger partial charge in [-0.2, -0.15) is 0 Å². The van der Waals surface area contributed by atoms with Crippen LogP contribution >= 0.6 is 0 Å². The van der Waals surface area contributed by atoms with Crippen LogP contribution in [0.1, 0.15) is 13.3 Å². The third-order valence-corrected chi connectivity index (χ3v) is 0.995. The molecule has 0 aliphatic carbocycles. The molecule has 0 aliphatic heterocycles. The van der Waals surface area contributed by atoms with Crippen LogP contribution in [0.25, 0.3) is 0 Å². The molecule has 0 aromatic carbocycles.